The predicted molar refractivity (Wildman–Crippen MR) is 72.9 cm³/mol. The van der Waals surface area contributed by atoms with Crippen molar-refractivity contribution in [3.63, 3.8) is 0 Å². The summed E-state index contributed by atoms with van der Waals surface area (Å²) >= 11 is 0. The highest BCUT2D eigenvalue weighted by Crippen LogP contribution is 2.27. The fraction of sp³-hybridized carbons (Fsp3) is 0.600. The predicted octanol–water partition coefficient (Wildman–Crippen LogP) is 2.60. The maximum absolute atomic E-state index is 5.77. The van der Waals surface area contributed by atoms with Crippen molar-refractivity contribution in [2.75, 3.05) is 26.9 Å². The number of ether oxygens (including phenoxy) is 2. The lowest BCUT2D eigenvalue weighted by atomic mass is 9.86. The maximum atomic E-state index is 5.77. The molecule has 3 heteroatoms. The van der Waals surface area contributed by atoms with Gasteiger partial charge in [0, 0.05) is 20.2 Å². The first-order valence-electron chi connectivity index (χ1n) is 6.80. The fourth-order valence-electron chi connectivity index (χ4n) is 1.98. The molecule has 100 valence electrons. The Hall–Kier alpha value is -1.06. The molecule has 1 N–H and O–H groups in total. The quantitative estimate of drug-likeness (QED) is 0.718. The van der Waals surface area contributed by atoms with E-state index in [0.29, 0.717) is 0 Å². The van der Waals surface area contributed by atoms with Crippen LogP contribution in [-0.2, 0) is 11.3 Å². The third-order valence-corrected chi connectivity index (χ3v) is 3.45. The highest BCUT2D eigenvalue weighted by atomic mass is 16.5. The monoisotopic (exact) mass is 249 g/mol. The summed E-state index contributed by atoms with van der Waals surface area (Å²) in [7, 11) is 1.72. The maximum Gasteiger partial charge on any atom is 0.119 e. The van der Waals surface area contributed by atoms with Crippen LogP contribution in [0, 0.1) is 5.92 Å². The van der Waals surface area contributed by atoms with Crippen molar-refractivity contribution in [2.45, 2.75) is 25.8 Å². The molecule has 0 heterocycles. The molecule has 0 saturated heterocycles. The van der Waals surface area contributed by atoms with E-state index >= 15 is 0 Å². The Morgan fingerprint density at radius 2 is 2.00 bits per heavy atom. The Morgan fingerprint density at radius 1 is 1.22 bits per heavy atom. The van der Waals surface area contributed by atoms with Crippen LogP contribution in [0.5, 0.6) is 5.75 Å². The van der Waals surface area contributed by atoms with Gasteiger partial charge in [0.1, 0.15) is 5.75 Å². The van der Waals surface area contributed by atoms with Crippen LogP contribution in [0.1, 0.15) is 24.8 Å². The third kappa shape index (κ3) is 4.31. The van der Waals surface area contributed by atoms with E-state index in [4.69, 9.17) is 9.47 Å². The molecule has 1 saturated carbocycles. The Labute approximate surface area is 109 Å². The lowest BCUT2D eigenvalue weighted by molar-refractivity contribution is 0.180. The average molecular weight is 249 g/mol. The standard InChI is InChI=1S/C15H23NO2/c1-17-10-9-16-11-13-5-7-15(8-6-13)18-12-14-3-2-4-14/h5-8,14,16H,2-4,9-12H2,1H3. The minimum Gasteiger partial charge on any atom is -0.493 e. The van der Waals surface area contributed by atoms with E-state index in [1.165, 1.54) is 24.8 Å². The smallest absolute Gasteiger partial charge is 0.119 e. The molecule has 0 atom stereocenters. The number of methoxy groups -OCH3 is 1. The molecule has 1 aromatic carbocycles. The molecule has 1 aromatic rings. The van der Waals surface area contributed by atoms with E-state index < -0.39 is 0 Å². The molecule has 2 rings (SSSR count). The molecule has 0 aromatic heterocycles. The van der Waals surface area contributed by atoms with Gasteiger partial charge in [-0.1, -0.05) is 18.6 Å². The van der Waals surface area contributed by atoms with E-state index in [2.05, 4.69) is 29.6 Å². The van der Waals surface area contributed by atoms with Gasteiger partial charge >= 0.3 is 0 Å². The van der Waals surface area contributed by atoms with E-state index in [9.17, 15) is 0 Å². The number of benzene rings is 1. The first-order chi connectivity index (χ1) is 8.88. The number of hydrogen-bond acceptors (Lipinski definition) is 3. The lowest BCUT2D eigenvalue weighted by Crippen LogP contribution is -2.19. The summed E-state index contributed by atoms with van der Waals surface area (Å²) in [6.45, 7) is 3.40. The van der Waals surface area contributed by atoms with Crippen LogP contribution in [0.25, 0.3) is 0 Å². The van der Waals surface area contributed by atoms with E-state index in [1.54, 1.807) is 7.11 Å². The van der Waals surface area contributed by atoms with Crippen LogP contribution in [0.2, 0.25) is 0 Å². The lowest BCUT2D eigenvalue weighted by Gasteiger charge is -2.25. The summed E-state index contributed by atoms with van der Waals surface area (Å²) in [6, 6.07) is 8.36. The first kappa shape index (κ1) is 13.4. The van der Waals surface area contributed by atoms with Gasteiger partial charge in [-0.05, 0) is 36.5 Å². The number of nitrogens with one attached hydrogen (secondary N) is 1. The Kier molecular flexibility index (Phi) is 5.49. The summed E-state index contributed by atoms with van der Waals surface area (Å²) in [4.78, 5) is 0. The van der Waals surface area contributed by atoms with Crippen molar-refractivity contribution in [3.8, 4) is 5.75 Å². The second-order valence-corrected chi connectivity index (χ2v) is 4.92. The molecule has 3 nitrogen and oxygen atoms in total. The number of rotatable bonds is 8. The molecular formula is C15H23NO2. The zero-order chi connectivity index (χ0) is 12.6. The van der Waals surface area contributed by atoms with Gasteiger partial charge in [-0.25, -0.2) is 0 Å². The highest BCUT2D eigenvalue weighted by Gasteiger charge is 2.17. The minimum absolute atomic E-state index is 0.753. The topological polar surface area (TPSA) is 30.5 Å². The van der Waals surface area contributed by atoms with Crippen LogP contribution < -0.4 is 10.1 Å². The Balaban J connectivity index is 1.67. The third-order valence-electron chi connectivity index (χ3n) is 3.45. The van der Waals surface area contributed by atoms with Crippen molar-refractivity contribution in [1.29, 1.82) is 0 Å². The van der Waals surface area contributed by atoms with Crippen LogP contribution in [0.4, 0.5) is 0 Å². The summed E-state index contributed by atoms with van der Waals surface area (Å²) in [5.41, 5.74) is 1.28. The van der Waals surface area contributed by atoms with Gasteiger partial charge in [0.2, 0.25) is 0 Å². The Morgan fingerprint density at radius 3 is 2.61 bits per heavy atom. The van der Waals surface area contributed by atoms with Gasteiger partial charge < -0.3 is 14.8 Å². The number of hydrogen-bond donors (Lipinski definition) is 1. The van der Waals surface area contributed by atoms with Gasteiger partial charge in [0.05, 0.1) is 13.2 Å². The van der Waals surface area contributed by atoms with Gasteiger partial charge in [-0.3, -0.25) is 0 Å². The molecule has 0 unspecified atom stereocenters. The van der Waals surface area contributed by atoms with Crippen molar-refractivity contribution in [3.05, 3.63) is 29.8 Å². The van der Waals surface area contributed by atoms with E-state index in [-0.39, 0.29) is 0 Å². The summed E-state index contributed by atoms with van der Waals surface area (Å²) in [5.74, 6) is 1.78. The van der Waals surface area contributed by atoms with Crippen LogP contribution in [0.15, 0.2) is 24.3 Å². The fourth-order valence-corrected chi connectivity index (χ4v) is 1.98. The van der Waals surface area contributed by atoms with Crippen molar-refractivity contribution >= 4 is 0 Å². The molecule has 1 aliphatic carbocycles. The first-order valence-corrected chi connectivity index (χ1v) is 6.80. The average Bonchev–Trinajstić information content (AvgIpc) is 2.34. The van der Waals surface area contributed by atoms with Gasteiger partial charge in [0.25, 0.3) is 0 Å². The van der Waals surface area contributed by atoms with E-state index in [1.807, 2.05) is 0 Å². The van der Waals surface area contributed by atoms with Crippen molar-refractivity contribution in [1.82, 2.24) is 5.32 Å². The second-order valence-electron chi connectivity index (χ2n) is 4.92. The molecule has 0 bridgehead atoms. The van der Waals surface area contributed by atoms with Crippen molar-refractivity contribution in [2.24, 2.45) is 5.92 Å². The molecule has 1 aliphatic rings. The molecule has 0 aliphatic heterocycles. The zero-order valence-electron chi connectivity index (χ0n) is 11.2. The van der Waals surface area contributed by atoms with Gasteiger partial charge in [-0.15, -0.1) is 0 Å². The summed E-state index contributed by atoms with van der Waals surface area (Å²) in [5, 5.41) is 3.32. The SMILES string of the molecule is COCCNCc1ccc(OCC2CCC2)cc1. The molecular weight excluding hydrogens is 226 g/mol. The van der Waals surface area contributed by atoms with Crippen LogP contribution >= 0.6 is 0 Å². The van der Waals surface area contributed by atoms with E-state index in [0.717, 1.165) is 38.0 Å². The molecule has 1 fully saturated rings. The summed E-state index contributed by atoms with van der Waals surface area (Å²) in [6.07, 6.45) is 4.04. The van der Waals surface area contributed by atoms with Crippen LogP contribution in [0.3, 0.4) is 0 Å². The van der Waals surface area contributed by atoms with Crippen molar-refractivity contribution < 1.29 is 9.47 Å². The zero-order valence-corrected chi connectivity index (χ0v) is 11.2. The molecule has 0 amide bonds. The second kappa shape index (κ2) is 7.39. The van der Waals surface area contributed by atoms with Crippen LogP contribution in [-0.4, -0.2) is 26.9 Å². The highest BCUT2D eigenvalue weighted by molar-refractivity contribution is 5.27. The van der Waals surface area contributed by atoms with Gasteiger partial charge in [-0.2, -0.15) is 0 Å². The van der Waals surface area contributed by atoms with Gasteiger partial charge in [0.15, 0.2) is 0 Å². The normalized spacial score (nSPS) is 15.4. The molecule has 0 radical (unpaired) electrons. The minimum atomic E-state index is 0.753. The molecule has 0 spiro atoms. The largest absolute Gasteiger partial charge is 0.493 e. The summed E-state index contributed by atoms with van der Waals surface area (Å²) < 4.78 is 10.8. The Bertz CT molecular complexity index is 333. The molecule has 18 heavy (non-hydrogen) atoms.